The Bertz CT molecular complexity index is 59.2. The predicted octanol–water partition coefficient (Wildman–Crippen LogP) is -0.351. The molecule has 0 amide bonds. The molecule has 0 aromatic rings. The van der Waals surface area contributed by atoms with Crippen molar-refractivity contribution in [1.82, 2.24) is 0 Å². The molecule has 0 heterocycles. The van der Waals surface area contributed by atoms with Gasteiger partial charge in [-0.1, -0.05) is 0 Å². The van der Waals surface area contributed by atoms with E-state index in [0.717, 1.165) is 0 Å². The van der Waals surface area contributed by atoms with Crippen LogP contribution in [0.15, 0.2) is 0 Å². The van der Waals surface area contributed by atoms with Crippen LogP contribution in [-0.2, 0) is 17.4 Å². The summed E-state index contributed by atoms with van der Waals surface area (Å²) >= 11 is 8.77. The van der Waals surface area contributed by atoms with E-state index in [9.17, 15) is 0 Å². The van der Waals surface area contributed by atoms with Gasteiger partial charge in [0.2, 0.25) is 0 Å². The maximum absolute atomic E-state index is 4.59. The smallest absolute Gasteiger partial charge is 0.0830 e. The van der Waals surface area contributed by atoms with Crippen molar-refractivity contribution in [3.05, 3.63) is 0 Å². The number of rotatable bonds is 1. The van der Waals surface area contributed by atoms with Gasteiger partial charge in [0, 0.05) is 31.7 Å². The van der Waals surface area contributed by atoms with Crippen LogP contribution >= 0.6 is 12.2 Å². The second kappa shape index (κ2) is 10.9. The fraction of sp³-hybridized carbons (Fsp3) is 0.667. The first-order chi connectivity index (χ1) is 2.77. The Hall–Kier alpha value is 0.992. The van der Waals surface area contributed by atoms with E-state index >= 15 is 0 Å². The SMILES string of the molecule is CCOC(=S)[S-].O.[Pb]. The fourth-order valence-corrected chi connectivity index (χ4v) is 0.354. The molecule has 0 aliphatic rings. The van der Waals surface area contributed by atoms with Gasteiger partial charge < -0.3 is 35.1 Å². The molecule has 0 rings (SSSR count). The Morgan fingerprint density at radius 3 is 2.12 bits per heavy atom. The average Bonchev–Trinajstić information content (AvgIpc) is 1.35. The molecule has 0 aliphatic carbocycles. The Morgan fingerprint density at radius 1 is 1.75 bits per heavy atom. The molecule has 0 saturated carbocycles. The van der Waals surface area contributed by atoms with Crippen LogP contribution in [0.3, 0.4) is 0 Å². The Morgan fingerprint density at radius 2 is 2.12 bits per heavy atom. The number of thiocarbonyl (C=S) groups is 1. The monoisotopic (exact) mass is 347 g/mol. The Kier molecular flexibility index (Phi) is 21.8. The molecular formula is C3H7O2PbS2-. The summed E-state index contributed by atoms with van der Waals surface area (Å²) in [5.41, 5.74) is 0. The van der Waals surface area contributed by atoms with Crippen LogP contribution in [0.5, 0.6) is 0 Å². The minimum absolute atomic E-state index is 0. The largest absolute Gasteiger partial charge is 0.514 e. The van der Waals surface area contributed by atoms with Gasteiger partial charge in [-0.25, -0.2) is 0 Å². The van der Waals surface area contributed by atoms with E-state index in [4.69, 9.17) is 0 Å². The number of hydrogen-bond acceptors (Lipinski definition) is 3. The van der Waals surface area contributed by atoms with E-state index < -0.39 is 0 Å². The Labute approximate surface area is 79.9 Å². The van der Waals surface area contributed by atoms with Crippen molar-refractivity contribution in [2.75, 3.05) is 6.61 Å². The molecule has 0 saturated heterocycles. The third kappa shape index (κ3) is 15.8. The molecule has 2 N–H and O–H groups in total. The van der Waals surface area contributed by atoms with Crippen LogP contribution in [0.25, 0.3) is 0 Å². The van der Waals surface area contributed by atoms with Gasteiger partial charge >= 0.3 is 0 Å². The normalized spacial score (nSPS) is 5.62. The van der Waals surface area contributed by atoms with E-state index in [-0.39, 0.29) is 37.2 Å². The van der Waals surface area contributed by atoms with Crippen LogP contribution in [0.2, 0.25) is 0 Å². The standard InChI is InChI=1S/C3H6OS2.H2O.Pb/c1-2-4-3(5)6;;/h2H2,1H3,(H,5,6);1H2;/p-1. The first-order valence-corrected chi connectivity index (χ1v) is 2.42. The zero-order valence-corrected chi connectivity index (χ0v) is 9.95. The van der Waals surface area contributed by atoms with Crippen molar-refractivity contribution >= 4 is 56.5 Å². The molecule has 0 aromatic heterocycles. The zero-order valence-electron chi connectivity index (χ0n) is 4.43. The summed E-state index contributed by atoms with van der Waals surface area (Å²) in [4.78, 5) is 0. The van der Waals surface area contributed by atoms with Crippen LogP contribution in [0, 0.1) is 0 Å². The van der Waals surface area contributed by atoms with Gasteiger partial charge in [0.15, 0.2) is 0 Å². The van der Waals surface area contributed by atoms with Crippen molar-refractivity contribution in [2.24, 2.45) is 0 Å². The molecule has 0 spiro atoms. The third-order valence-corrected chi connectivity index (χ3v) is 0.498. The summed E-state index contributed by atoms with van der Waals surface area (Å²) in [5.74, 6) is 0. The molecule has 0 bridgehead atoms. The zero-order chi connectivity index (χ0) is 4.99. The van der Waals surface area contributed by atoms with Gasteiger partial charge in [-0.15, -0.1) is 0 Å². The molecule has 5 heteroatoms. The third-order valence-electron chi connectivity index (χ3n) is 0.262. The summed E-state index contributed by atoms with van der Waals surface area (Å²) in [6.45, 7) is 2.43. The van der Waals surface area contributed by atoms with E-state index in [1.54, 1.807) is 0 Å². The molecule has 2 nitrogen and oxygen atoms in total. The van der Waals surface area contributed by atoms with Gasteiger partial charge in [0.05, 0.1) is 6.61 Å². The first-order valence-electron chi connectivity index (χ1n) is 1.61. The van der Waals surface area contributed by atoms with Gasteiger partial charge in [0.1, 0.15) is 0 Å². The predicted molar refractivity (Wildman–Crippen MR) is 41.0 cm³/mol. The van der Waals surface area contributed by atoms with Crippen LogP contribution in [0.1, 0.15) is 6.92 Å². The van der Waals surface area contributed by atoms with Crippen molar-refractivity contribution in [3.8, 4) is 0 Å². The van der Waals surface area contributed by atoms with Crippen molar-refractivity contribution in [1.29, 1.82) is 0 Å². The van der Waals surface area contributed by atoms with E-state index in [1.807, 2.05) is 6.92 Å². The summed E-state index contributed by atoms with van der Waals surface area (Å²) in [6, 6.07) is 0. The summed E-state index contributed by atoms with van der Waals surface area (Å²) < 4.78 is 4.79. The first kappa shape index (κ1) is 16.0. The minimum Gasteiger partial charge on any atom is -0.514 e. The van der Waals surface area contributed by atoms with Crippen molar-refractivity contribution in [3.63, 3.8) is 0 Å². The summed E-state index contributed by atoms with van der Waals surface area (Å²) in [5, 5.41) is 0. The quantitative estimate of drug-likeness (QED) is 0.370. The number of hydrogen-bond donors (Lipinski definition) is 0. The molecule has 0 aromatic carbocycles. The minimum atomic E-state index is 0. The van der Waals surface area contributed by atoms with Gasteiger partial charge in [-0.2, -0.15) is 0 Å². The van der Waals surface area contributed by atoms with E-state index in [1.165, 1.54) is 0 Å². The topological polar surface area (TPSA) is 40.7 Å². The maximum atomic E-state index is 4.59. The van der Waals surface area contributed by atoms with Crippen molar-refractivity contribution < 1.29 is 10.2 Å². The summed E-state index contributed by atoms with van der Waals surface area (Å²) in [7, 11) is 0. The average molecular weight is 346 g/mol. The van der Waals surface area contributed by atoms with Gasteiger partial charge in [-0.05, 0) is 6.92 Å². The molecule has 4 radical (unpaired) electrons. The molecule has 0 aliphatic heterocycles. The maximum Gasteiger partial charge on any atom is 0.0830 e. The van der Waals surface area contributed by atoms with Crippen molar-refractivity contribution in [2.45, 2.75) is 6.92 Å². The molecular weight excluding hydrogens is 339 g/mol. The molecule has 0 unspecified atom stereocenters. The molecule has 0 fully saturated rings. The Balaban J connectivity index is -0.000000125. The van der Waals surface area contributed by atoms with Crippen LogP contribution in [-0.4, -0.2) is 43.8 Å². The second-order valence-corrected chi connectivity index (χ2v) is 1.68. The van der Waals surface area contributed by atoms with Crippen LogP contribution in [0.4, 0.5) is 0 Å². The summed E-state index contributed by atoms with van der Waals surface area (Å²) in [6.07, 6.45) is 0. The molecule has 8 heavy (non-hydrogen) atoms. The van der Waals surface area contributed by atoms with E-state index in [2.05, 4.69) is 29.6 Å². The molecule has 48 valence electrons. The van der Waals surface area contributed by atoms with Crippen LogP contribution < -0.4 is 0 Å². The van der Waals surface area contributed by atoms with Gasteiger partial charge in [0.25, 0.3) is 0 Å². The fourth-order valence-electron chi connectivity index (χ4n) is 0.118. The number of ether oxygens (including phenoxy) is 1. The van der Waals surface area contributed by atoms with Gasteiger partial charge in [-0.3, -0.25) is 0 Å². The molecule has 0 atom stereocenters. The second-order valence-electron chi connectivity index (χ2n) is 0.683. The van der Waals surface area contributed by atoms with E-state index in [0.29, 0.717) is 6.61 Å².